The first-order chi connectivity index (χ1) is 12.0. The minimum Gasteiger partial charge on any atom is -0.0616 e. The molecule has 0 amide bonds. The first kappa shape index (κ1) is 15.9. The van der Waals surface area contributed by atoms with Crippen LogP contribution in [0.5, 0.6) is 0 Å². The summed E-state index contributed by atoms with van der Waals surface area (Å²) in [6, 6.07) is 28.9. The van der Waals surface area contributed by atoms with Crippen molar-refractivity contribution in [1.82, 2.24) is 0 Å². The third-order valence-corrected chi connectivity index (χ3v) is 5.07. The van der Waals surface area contributed by atoms with Crippen molar-refractivity contribution in [3.8, 4) is 0 Å². The molecule has 0 saturated heterocycles. The van der Waals surface area contributed by atoms with Crippen molar-refractivity contribution in [1.29, 1.82) is 0 Å². The van der Waals surface area contributed by atoms with Crippen LogP contribution in [0, 0.1) is 0 Å². The highest BCUT2D eigenvalue weighted by Gasteiger charge is 2.13. The summed E-state index contributed by atoms with van der Waals surface area (Å²) in [6.45, 7) is 6.79. The standard InChI is InChI=1S/C25H24/c1-25(2,3)21-14-12-18(13-15-21)16-20-17-19-8-4-5-9-22(19)24-11-7-6-10-23(20)24/h4-15,17H,16H2,1-3H3. The highest BCUT2D eigenvalue weighted by Crippen LogP contribution is 2.30. The van der Waals surface area contributed by atoms with E-state index in [0.29, 0.717) is 0 Å². The molecule has 0 atom stereocenters. The fraction of sp³-hybridized carbons (Fsp3) is 0.200. The van der Waals surface area contributed by atoms with Crippen LogP contribution in [0.15, 0.2) is 78.9 Å². The molecule has 0 fully saturated rings. The van der Waals surface area contributed by atoms with E-state index in [1.807, 2.05) is 0 Å². The van der Waals surface area contributed by atoms with Crippen LogP contribution in [0.1, 0.15) is 37.5 Å². The Labute approximate surface area is 150 Å². The highest BCUT2D eigenvalue weighted by atomic mass is 14.2. The maximum Gasteiger partial charge on any atom is -0.00194 e. The molecule has 0 aliphatic heterocycles. The Morgan fingerprint density at radius 1 is 0.640 bits per heavy atom. The lowest BCUT2D eigenvalue weighted by Crippen LogP contribution is -2.10. The SMILES string of the molecule is CC(C)(C)c1ccc(Cc2cc3ccccc3c3ccccc23)cc1. The fourth-order valence-corrected chi connectivity index (χ4v) is 3.62. The Balaban J connectivity index is 1.80. The molecule has 0 unspecified atom stereocenters. The summed E-state index contributed by atoms with van der Waals surface area (Å²) in [5.41, 5.74) is 4.36. The lowest BCUT2D eigenvalue weighted by Gasteiger charge is -2.19. The summed E-state index contributed by atoms with van der Waals surface area (Å²) in [7, 11) is 0. The lowest BCUT2D eigenvalue weighted by molar-refractivity contribution is 0.590. The maximum absolute atomic E-state index is 2.36. The van der Waals surface area contributed by atoms with Crippen LogP contribution in [0.3, 0.4) is 0 Å². The second-order valence-corrected chi connectivity index (χ2v) is 7.93. The zero-order valence-electron chi connectivity index (χ0n) is 15.2. The second-order valence-electron chi connectivity index (χ2n) is 7.93. The van der Waals surface area contributed by atoms with Crippen LogP contribution in [-0.2, 0) is 11.8 Å². The largest absolute Gasteiger partial charge is 0.0616 e. The quantitative estimate of drug-likeness (QED) is 0.352. The Morgan fingerprint density at radius 3 is 1.92 bits per heavy atom. The number of hydrogen-bond donors (Lipinski definition) is 0. The number of rotatable bonds is 2. The maximum atomic E-state index is 2.36. The first-order valence-electron chi connectivity index (χ1n) is 9.01. The average Bonchev–Trinajstić information content (AvgIpc) is 2.62. The molecule has 0 heterocycles. The molecule has 0 aromatic heterocycles. The molecule has 0 radical (unpaired) electrons. The first-order valence-corrected chi connectivity index (χ1v) is 9.01. The van der Waals surface area contributed by atoms with Crippen molar-refractivity contribution in [3.05, 3.63) is 95.6 Å². The van der Waals surface area contributed by atoms with E-state index >= 15 is 0 Å². The zero-order valence-corrected chi connectivity index (χ0v) is 15.2. The van der Waals surface area contributed by atoms with Gasteiger partial charge in [-0.2, -0.15) is 0 Å². The van der Waals surface area contributed by atoms with Gasteiger partial charge >= 0.3 is 0 Å². The third-order valence-electron chi connectivity index (χ3n) is 5.07. The molecule has 0 aliphatic carbocycles. The van der Waals surface area contributed by atoms with E-state index in [-0.39, 0.29) is 5.41 Å². The van der Waals surface area contributed by atoms with Gasteiger partial charge in [-0.25, -0.2) is 0 Å². The van der Waals surface area contributed by atoms with Gasteiger partial charge in [0.2, 0.25) is 0 Å². The molecular formula is C25H24. The predicted octanol–water partition coefficient (Wildman–Crippen LogP) is 6.88. The molecule has 0 nitrogen and oxygen atoms in total. The molecule has 0 saturated carbocycles. The molecule has 4 aromatic rings. The van der Waals surface area contributed by atoms with Crippen LogP contribution >= 0.6 is 0 Å². The molecular weight excluding hydrogens is 300 g/mol. The molecule has 0 aliphatic rings. The van der Waals surface area contributed by atoms with Gasteiger partial charge < -0.3 is 0 Å². The van der Waals surface area contributed by atoms with E-state index in [4.69, 9.17) is 0 Å². The van der Waals surface area contributed by atoms with Crippen LogP contribution in [0.4, 0.5) is 0 Å². The predicted molar refractivity (Wildman–Crippen MR) is 109 cm³/mol. The van der Waals surface area contributed by atoms with Gasteiger partial charge in [-0.05, 0) is 50.1 Å². The second kappa shape index (κ2) is 6.04. The van der Waals surface area contributed by atoms with Gasteiger partial charge in [0.15, 0.2) is 0 Å². The van der Waals surface area contributed by atoms with Gasteiger partial charge in [-0.3, -0.25) is 0 Å². The van der Waals surface area contributed by atoms with E-state index in [1.165, 1.54) is 38.2 Å². The van der Waals surface area contributed by atoms with Crippen LogP contribution < -0.4 is 0 Å². The summed E-state index contributed by atoms with van der Waals surface area (Å²) < 4.78 is 0. The summed E-state index contributed by atoms with van der Waals surface area (Å²) in [6.07, 6.45) is 0.968. The lowest BCUT2D eigenvalue weighted by atomic mass is 9.86. The van der Waals surface area contributed by atoms with E-state index in [2.05, 4.69) is 99.6 Å². The van der Waals surface area contributed by atoms with Gasteiger partial charge in [0.25, 0.3) is 0 Å². The molecule has 0 spiro atoms. The highest BCUT2D eigenvalue weighted by molar-refractivity contribution is 6.09. The minimum absolute atomic E-state index is 0.203. The normalized spacial score (nSPS) is 12.0. The molecule has 0 N–H and O–H groups in total. The minimum atomic E-state index is 0.203. The molecule has 4 aromatic carbocycles. The van der Waals surface area contributed by atoms with Crippen molar-refractivity contribution >= 4 is 21.5 Å². The molecule has 0 bridgehead atoms. The van der Waals surface area contributed by atoms with E-state index in [9.17, 15) is 0 Å². The van der Waals surface area contributed by atoms with E-state index in [1.54, 1.807) is 0 Å². The van der Waals surface area contributed by atoms with Gasteiger partial charge in [0.1, 0.15) is 0 Å². The van der Waals surface area contributed by atoms with Gasteiger partial charge in [-0.15, -0.1) is 0 Å². The Morgan fingerprint density at radius 2 is 1.24 bits per heavy atom. The summed E-state index contributed by atoms with van der Waals surface area (Å²) in [4.78, 5) is 0. The Bertz CT molecular complexity index is 1030. The third kappa shape index (κ3) is 3.05. The van der Waals surface area contributed by atoms with Crippen molar-refractivity contribution in [2.45, 2.75) is 32.6 Å². The topological polar surface area (TPSA) is 0 Å². The Hall–Kier alpha value is -2.60. The van der Waals surface area contributed by atoms with Crippen molar-refractivity contribution in [2.24, 2.45) is 0 Å². The van der Waals surface area contributed by atoms with Crippen LogP contribution in [0.25, 0.3) is 21.5 Å². The fourth-order valence-electron chi connectivity index (χ4n) is 3.62. The van der Waals surface area contributed by atoms with E-state index in [0.717, 1.165) is 6.42 Å². The van der Waals surface area contributed by atoms with Gasteiger partial charge in [0.05, 0.1) is 0 Å². The van der Waals surface area contributed by atoms with Crippen molar-refractivity contribution in [2.75, 3.05) is 0 Å². The van der Waals surface area contributed by atoms with Crippen LogP contribution in [0.2, 0.25) is 0 Å². The molecule has 25 heavy (non-hydrogen) atoms. The monoisotopic (exact) mass is 324 g/mol. The molecule has 124 valence electrons. The molecule has 4 rings (SSSR count). The summed E-state index contributed by atoms with van der Waals surface area (Å²) in [5.74, 6) is 0. The summed E-state index contributed by atoms with van der Waals surface area (Å²) in [5, 5.41) is 5.37. The average molecular weight is 324 g/mol. The van der Waals surface area contributed by atoms with Gasteiger partial charge in [0, 0.05) is 0 Å². The molecule has 0 heteroatoms. The zero-order chi connectivity index (χ0) is 17.4. The number of benzene rings is 4. The van der Waals surface area contributed by atoms with E-state index < -0.39 is 0 Å². The smallest absolute Gasteiger partial charge is 0.00194 e. The van der Waals surface area contributed by atoms with Crippen molar-refractivity contribution in [3.63, 3.8) is 0 Å². The van der Waals surface area contributed by atoms with Crippen molar-refractivity contribution < 1.29 is 0 Å². The Kier molecular flexibility index (Phi) is 3.84. The number of fused-ring (bicyclic) bond motifs is 3. The van der Waals surface area contributed by atoms with Crippen LogP contribution in [-0.4, -0.2) is 0 Å². The summed E-state index contributed by atoms with van der Waals surface area (Å²) >= 11 is 0. The van der Waals surface area contributed by atoms with Gasteiger partial charge in [-0.1, -0.05) is 99.6 Å². The number of hydrogen-bond acceptors (Lipinski definition) is 0.